The molecule has 1 aromatic carbocycles. The van der Waals surface area contributed by atoms with Gasteiger partial charge in [-0.25, -0.2) is 0 Å². The van der Waals surface area contributed by atoms with Crippen LogP contribution in [0.1, 0.15) is 23.2 Å². The number of nitrogens with one attached hydrogen (secondary N) is 1. The molecule has 0 saturated carbocycles. The molecule has 1 heterocycles. The molecule has 1 aliphatic heterocycles. The van der Waals surface area contributed by atoms with Crippen LogP contribution < -0.4 is 11.1 Å². The maximum Gasteiger partial charge on any atom is 0.255 e. The molecule has 0 atom stereocenters. The number of benzene rings is 1. The Morgan fingerprint density at radius 2 is 1.86 bits per heavy atom. The van der Waals surface area contributed by atoms with Gasteiger partial charge < -0.3 is 16.0 Å². The number of piperidine rings is 1. The van der Waals surface area contributed by atoms with E-state index >= 15 is 0 Å². The maximum atomic E-state index is 12.5. The van der Waals surface area contributed by atoms with Gasteiger partial charge in [-0.1, -0.05) is 41.5 Å². The van der Waals surface area contributed by atoms with Crippen molar-refractivity contribution in [1.82, 2.24) is 10.2 Å². The number of amides is 1. The summed E-state index contributed by atoms with van der Waals surface area (Å²) in [4.78, 5) is 15.0. The first-order valence-electron chi connectivity index (χ1n) is 6.61. The van der Waals surface area contributed by atoms with Gasteiger partial charge in [-0.2, -0.15) is 0 Å². The molecule has 114 valence electrons. The first-order valence-corrected chi connectivity index (χ1v) is 7.77. The molecule has 1 amide bonds. The third kappa shape index (κ3) is 3.48. The molecule has 1 aromatic rings. The number of carbonyl (C=O) groups is 1. The lowest BCUT2D eigenvalue weighted by atomic mass is 9.87. The van der Waals surface area contributed by atoms with Gasteiger partial charge in [-0.15, -0.1) is 0 Å². The van der Waals surface area contributed by atoms with Crippen LogP contribution in [0, 0.1) is 0 Å². The van der Waals surface area contributed by atoms with Gasteiger partial charge in [0, 0.05) is 13.1 Å². The van der Waals surface area contributed by atoms with E-state index in [1.165, 1.54) is 0 Å². The molecule has 3 N–H and O–H groups in total. The summed E-state index contributed by atoms with van der Waals surface area (Å²) in [5.74, 6) is -0.344. The number of rotatable bonds is 3. The van der Waals surface area contributed by atoms with Crippen molar-refractivity contribution in [3.63, 3.8) is 0 Å². The Hall–Kier alpha value is -0.880. The summed E-state index contributed by atoms with van der Waals surface area (Å²) in [6, 6.07) is 4.95. The summed E-state index contributed by atoms with van der Waals surface area (Å²) in [5.41, 5.74) is 5.46. The highest BCUT2D eigenvalue weighted by Crippen LogP contribution is 2.27. The fraction of sp³-hybridized carbons (Fsp3) is 0.429. The molecule has 2 rings (SSSR count). The number of nitrogens with two attached hydrogens (primary N) is 1. The molecule has 7 heteroatoms. The third-order valence-electron chi connectivity index (χ3n) is 3.85. The first kappa shape index (κ1) is 16.5. The quantitative estimate of drug-likeness (QED) is 0.826. The molecule has 4 nitrogen and oxygen atoms in total. The second kappa shape index (κ2) is 6.48. The van der Waals surface area contributed by atoms with Crippen LogP contribution in [-0.2, 0) is 0 Å². The summed E-state index contributed by atoms with van der Waals surface area (Å²) in [7, 11) is 2.02. The number of thiocarbonyl (C=S) groups is 1. The maximum absolute atomic E-state index is 12.5. The van der Waals surface area contributed by atoms with Gasteiger partial charge in [0.05, 0.1) is 26.1 Å². The van der Waals surface area contributed by atoms with Gasteiger partial charge in [-0.05, 0) is 32.0 Å². The largest absolute Gasteiger partial charge is 0.391 e. The zero-order valence-electron chi connectivity index (χ0n) is 11.7. The van der Waals surface area contributed by atoms with E-state index in [9.17, 15) is 4.79 Å². The smallest absolute Gasteiger partial charge is 0.255 e. The van der Waals surface area contributed by atoms with Crippen molar-refractivity contribution >= 4 is 46.3 Å². The molecule has 0 bridgehead atoms. The zero-order chi connectivity index (χ0) is 15.6. The van der Waals surface area contributed by atoms with Crippen LogP contribution in [0.15, 0.2) is 18.2 Å². The summed E-state index contributed by atoms with van der Waals surface area (Å²) in [5, 5.41) is 3.57. The van der Waals surface area contributed by atoms with Crippen molar-refractivity contribution < 1.29 is 4.79 Å². The first-order chi connectivity index (χ1) is 9.85. The van der Waals surface area contributed by atoms with E-state index < -0.39 is 5.54 Å². The molecule has 0 aromatic heterocycles. The highest BCUT2D eigenvalue weighted by molar-refractivity contribution is 7.80. The Bertz CT molecular complexity index is 551. The summed E-state index contributed by atoms with van der Waals surface area (Å²) in [6.07, 6.45) is 1.35. The molecular weight excluding hydrogens is 329 g/mol. The molecule has 0 unspecified atom stereocenters. The fourth-order valence-corrected chi connectivity index (χ4v) is 3.25. The van der Waals surface area contributed by atoms with Crippen molar-refractivity contribution in [2.75, 3.05) is 20.1 Å². The van der Waals surface area contributed by atoms with Gasteiger partial charge in [-0.3, -0.25) is 4.79 Å². The van der Waals surface area contributed by atoms with Crippen LogP contribution in [0.25, 0.3) is 0 Å². The minimum absolute atomic E-state index is 0.260. The number of hydrogen-bond acceptors (Lipinski definition) is 3. The normalized spacial score (nSPS) is 18.2. The van der Waals surface area contributed by atoms with Crippen molar-refractivity contribution in [2.45, 2.75) is 18.4 Å². The molecular formula is C14H17Cl2N3OS. The monoisotopic (exact) mass is 345 g/mol. The molecule has 1 aliphatic rings. The summed E-state index contributed by atoms with van der Waals surface area (Å²) < 4.78 is 0. The predicted octanol–water partition coefficient (Wildman–Crippen LogP) is 2.47. The number of carbonyl (C=O) groups excluding carboxylic acids is 1. The van der Waals surface area contributed by atoms with Crippen LogP contribution in [0.3, 0.4) is 0 Å². The van der Waals surface area contributed by atoms with Crippen molar-refractivity contribution in [3.8, 4) is 0 Å². The predicted molar refractivity (Wildman–Crippen MR) is 90.2 cm³/mol. The highest BCUT2D eigenvalue weighted by atomic mass is 35.5. The number of nitrogens with zero attached hydrogens (tertiary/aromatic N) is 1. The molecule has 1 fully saturated rings. The van der Waals surface area contributed by atoms with Crippen LogP contribution in [0.2, 0.25) is 10.0 Å². The average molecular weight is 346 g/mol. The van der Waals surface area contributed by atoms with Gasteiger partial charge in [0.25, 0.3) is 5.91 Å². The number of halogens is 2. The number of hydrogen-bond donors (Lipinski definition) is 2. The van der Waals surface area contributed by atoms with Gasteiger partial charge in [0.1, 0.15) is 0 Å². The average Bonchev–Trinajstić information content (AvgIpc) is 2.41. The SMILES string of the molecule is CN1CCC(NC(=O)c2c(Cl)cccc2Cl)(C(N)=S)CC1. The lowest BCUT2D eigenvalue weighted by Gasteiger charge is -2.40. The van der Waals surface area contributed by atoms with E-state index in [0.29, 0.717) is 27.9 Å². The molecule has 1 saturated heterocycles. The fourth-order valence-electron chi connectivity index (χ4n) is 2.43. The topological polar surface area (TPSA) is 58.4 Å². The standard InChI is InChI=1S/C14H17Cl2N3OS/c1-19-7-5-14(6-8-19,13(17)21)18-12(20)11-9(15)3-2-4-10(11)16/h2-4H,5-8H2,1H3,(H2,17,21)(H,18,20). The molecule has 21 heavy (non-hydrogen) atoms. The minimum Gasteiger partial charge on any atom is -0.391 e. The summed E-state index contributed by atoms with van der Waals surface area (Å²) >= 11 is 17.3. The minimum atomic E-state index is -0.679. The zero-order valence-corrected chi connectivity index (χ0v) is 14.0. The molecule has 0 spiro atoms. The Labute approximate surface area is 139 Å². The van der Waals surface area contributed by atoms with E-state index in [-0.39, 0.29) is 11.5 Å². The van der Waals surface area contributed by atoms with E-state index in [0.717, 1.165) is 13.1 Å². The Morgan fingerprint density at radius 1 is 1.33 bits per heavy atom. The summed E-state index contributed by atoms with van der Waals surface area (Å²) in [6.45, 7) is 1.63. The van der Waals surface area contributed by atoms with Crippen LogP contribution in [0.4, 0.5) is 0 Å². The Morgan fingerprint density at radius 3 is 2.33 bits per heavy atom. The Balaban J connectivity index is 2.26. The van der Waals surface area contributed by atoms with E-state index in [2.05, 4.69) is 10.2 Å². The highest BCUT2D eigenvalue weighted by Gasteiger charge is 2.38. The van der Waals surface area contributed by atoms with Crippen molar-refractivity contribution in [2.24, 2.45) is 5.73 Å². The lowest BCUT2D eigenvalue weighted by Crippen LogP contribution is -2.61. The Kier molecular flexibility index (Phi) is 5.09. The van der Waals surface area contributed by atoms with Gasteiger partial charge >= 0.3 is 0 Å². The van der Waals surface area contributed by atoms with Gasteiger partial charge in [0.2, 0.25) is 0 Å². The molecule has 0 aliphatic carbocycles. The van der Waals surface area contributed by atoms with E-state index in [1.807, 2.05) is 7.05 Å². The van der Waals surface area contributed by atoms with Crippen molar-refractivity contribution in [1.29, 1.82) is 0 Å². The second-order valence-corrected chi connectivity index (χ2v) is 6.55. The molecule has 0 radical (unpaired) electrons. The van der Waals surface area contributed by atoms with E-state index in [4.69, 9.17) is 41.2 Å². The van der Waals surface area contributed by atoms with Gasteiger partial charge in [0.15, 0.2) is 0 Å². The lowest BCUT2D eigenvalue weighted by molar-refractivity contribution is 0.0890. The van der Waals surface area contributed by atoms with E-state index in [1.54, 1.807) is 18.2 Å². The second-order valence-electron chi connectivity index (χ2n) is 5.30. The third-order valence-corrected chi connectivity index (χ3v) is 4.88. The van der Waals surface area contributed by atoms with Crippen LogP contribution >= 0.6 is 35.4 Å². The van der Waals surface area contributed by atoms with Crippen molar-refractivity contribution in [3.05, 3.63) is 33.8 Å². The van der Waals surface area contributed by atoms with Crippen LogP contribution in [-0.4, -0.2) is 41.5 Å². The number of likely N-dealkylation sites (tertiary alicyclic amines) is 1. The van der Waals surface area contributed by atoms with Crippen LogP contribution in [0.5, 0.6) is 0 Å².